The molecule has 1 unspecified atom stereocenters. The molecule has 0 spiro atoms. The highest BCUT2D eigenvalue weighted by Gasteiger charge is 2.21. The van der Waals surface area contributed by atoms with Crippen LogP contribution in [0, 0.1) is 0 Å². The van der Waals surface area contributed by atoms with Gasteiger partial charge in [0.05, 0.1) is 5.25 Å². The summed E-state index contributed by atoms with van der Waals surface area (Å²) in [6.07, 6.45) is 0. The number of hydrogen-bond donors (Lipinski definition) is 1. The lowest BCUT2D eigenvalue weighted by atomic mass is 10.1. The second kappa shape index (κ2) is 3.39. The molecule has 15 heavy (non-hydrogen) atoms. The summed E-state index contributed by atoms with van der Waals surface area (Å²) in [6, 6.07) is 4.99. The van der Waals surface area contributed by atoms with Gasteiger partial charge in [0.2, 0.25) is 16.8 Å². The smallest absolute Gasteiger partial charge is 0.231 e. The number of rotatable bonds is 2. The summed E-state index contributed by atoms with van der Waals surface area (Å²) >= 11 is 0. The fourth-order valence-electron chi connectivity index (χ4n) is 1.36. The summed E-state index contributed by atoms with van der Waals surface area (Å²) in [4.78, 5) is 0. The third-order valence-corrected chi connectivity index (χ3v) is 3.62. The van der Waals surface area contributed by atoms with E-state index < -0.39 is 15.3 Å². The first-order valence-electron chi connectivity index (χ1n) is 4.39. The molecule has 1 aliphatic rings. The van der Waals surface area contributed by atoms with Crippen molar-refractivity contribution in [2.24, 2.45) is 5.14 Å². The van der Waals surface area contributed by atoms with Crippen LogP contribution in [0.25, 0.3) is 0 Å². The van der Waals surface area contributed by atoms with Gasteiger partial charge in [-0.1, -0.05) is 6.07 Å². The number of fused-ring (bicyclic) bond motifs is 1. The normalized spacial score (nSPS) is 16.4. The van der Waals surface area contributed by atoms with E-state index in [1.165, 1.54) is 6.92 Å². The molecule has 1 heterocycles. The predicted octanol–water partition coefficient (Wildman–Crippen LogP) is 0.765. The van der Waals surface area contributed by atoms with Crippen molar-refractivity contribution in [2.75, 3.05) is 6.79 Å². The van der Waals surface area contributed by atoms with Gasteiger partial charge in [-0.2, -0.15) is 0 Å². The minimum absolute atomic E-state index is 0.169. The zero-order valence-electron chi connectivity index (χ0n) is 8.14. The SMILES string of the molecule is CC(c1ccc2c(c1)OCO2)S(N)(=O)=O. The van der Waals surface area contributed by atoms with E-state index in [2.05, 4.69) is 0 Å². The molecule has 0 saturated carbocycles. The van der Waals surface area contributed by atoms with Gasteiger partial charge in [-0.05, 0) is 24.6 Å². The Kier molecular flexibility index (Phi) is 2.32. The van der Waals surface area contributed by atoms with Crippen LogP contribution in [0.4, 0.5) is 0 Å². The molecule has 0 fully saturated rings. The van der Waals surface area contributed by atoms with Crippen LogP contribution >= 0.6 is 0 Å². The summed E-state index contributed by atoms with van der Waals surface area (Å²) < 4.78 is 32.5. The number of hydrogen-bond acceptors (Lipinski definition) is 4. The summed E-state index contributed by atoms with van der Waals surface area (Å²) in [5.74, 6) is 1.18. The zero-order chi connectivity index (χ0) is 11.1. The zero-order valence-corrected chi connectivity index (χ0v) is 8.95. The van der Waals surface area contributed by atoms with Crippen molar-refractivity contribution >= 4 is 10.0 Å². The Morgan fingerprint density at radius 1 is 1.33 bits per heavy atom. The molecule has 0 aliphatic carbocycles. The van der Waals surface area contributed by atoms with Crippen molar-refractivity contribution in [1.29, 1.82) is 0 Å². The molecule has 0 aromatic heterocycles. The molecule has 1 aliphatic heterocycles. The van der Waals surface area contributed by atoms with Crippen molar-refractivity contribution in [1.82, 2.24) is 0 Å². The molecule has 82 valence electrons. The van der Waals surface area contributed by atoms with Gasteiger partial charge >= 0.3 is 0 Å². The molecular weight excluding hydrogens is 218 g/mol. The highest BCUT2D eigenvalue weighted by Crippen LogP contribution is 2.35. The first-order chi connectivity index (χ1) is 6.98. The summed E-state index contributed by atoms with van der Waals surface area (Å²) in [5.41, 5.74) is 0.599. The number of benzene rings is 1. The fourth-order valence-corrected chi connectivity index (χ4v) is 1.88. The van der Waals surface area contributed by atoms with Gasteiger partial charge in [-0.15, -0.1) is 0 Å². The van der Waals surface area contributed by atoms with Crippen LogP contribution in [-0.4, -0.2) is 15.2 Å². The molecule has 2 rings (SSSR count). The highest BCUT2D eigenvalue weighted by atomic mass is 32.2. The van der Waals surface area contributed by atoms with Crippen LogP contribution in [0.2, 0.25) is 0 Å². The van der Waals surface area contributed by atoms with Crippen molar-refractivity contribution < 1.29 is 17.9 Å². The minimum Gasteiger partial charge on any atom is -0.454 e. The van der Waals surface area contributed by atoms with Crippen molar-refractivity contribution in [3.8, 4) is 11.5 Å². The van der Waals surface area contributed by atoms with E-state index in [4.69, 9.17) is 14.6 Å². The highest BCUT2D eigenvalue weighted by molar-refractivity contribution is 7.89. The number of sulfonamides is 1. The maximum absolute atomic E-state index is 11.1. The molecule has 1 aromatic rings. The fraction of sp³-hybridized carbons (Fsp3) is 0.333. The Hall–Kier alpha value is -1.27. The molecule has 1 atom stereocenters. The molecule has 5 nitrogen and oxygen atoms in total. The maximum Gasteiger partial charge on any atom is 0.231 e. The van der Waals surface area contributed by atoms with Crippen LogP contribution in [0.3, 0.4) is 0 Å². The molecule has 2 N–H and O–H groups in total. The third kappa shape index (κ3) is 1.91. The molecule has 0 bridgehead atoms. The van der Waals surface area contributed by atoms with E-state index in [1.54, 1.807) is 18.2 Å². The lowest BCUT2D eigenvalue weighted by Gasteiger charge is -2.09. The Morgan fingerprint density at radius 3 is 2.67 bits per heavy atom. The van der Waals surface area contributed by atoms with Crippen LogP contribution in [0.1, 0.15) is 17.7 Å². The standard InChI is InChI=1S/C9H11NO4S/c1-6(15(10,11)12)7-2-3-8-9(4-7)14-5-13-8/h2-4,6H,5H2,1H3,(H2,10,11,12). The Morgan fingerprint density at radius 2 is 2.00 bits per heavy atom. The average molecular weight is 229 g/mol. The first kappa shape index (κ1) is 10.3. The van der Waals surface area contributed by atoms with Gasteiger partial charge in [0.15, 0.2) is 11.5 Å². The van der Waals surface area contributed by atoms with Gasteiger partial charge < -0.3 is 9.47 Å². The molecule has 0 radical (unpaired) electrons. The summed E-state index contributed by atoms with van der Waals surface area (Å²) in [5, 5.41) is 4.31. The lowest BCUT2D eigenvalue weighted by Crippen LogP contribution is -2.19. The molecule has 6 heteroatoms. The van der Waals surface area contributed by atoms with E-state index >= 15 is 0 Å². The van der Waals surface area contributed by atoms with Crippen LogP contribution in [0.15, 0.2) is 18.2 Å². The van der Waals surface area contributed by atoms with Crippen LogP contribution in [-0.2, 0) is 10.0 Å². The van der Waals surface area contributed by atoms with Crippen molar-refractivity contribution in [3.05, 3.63) is 23.8 Å². The summed E-state index contributed by atoms with van der Waals surface area (Å²) in [6.45, 7) is 1.70. The Balaban J connectivity index is 2.39. The van der Waals surface area contributed by atoms with Crippen molar-refractivity contribution in [3.63, 3.8) is 0 Å². The van der Waals surface area contributed by atoms with Gasteiger partial charge in [-0.3, -0.25) is 0 Å². The van der Waals surface area contributed by atoms with Gasteiger partial charge in [0, 0.05) is 0 Å². The number of primary sulfonamides is 1. The van der Waals surface area contributed by atoms with Gasteiger partial charge in [0.1, 0.15) is 0 Å². The van der Waals surface area contributed by atoms with E-state index in [0.29, 0.717) is 17.1 Å². The minimum atomic E-state index is -3.57. The topological polar surface area (TPSA) is 78.6 Å². The van der Waals surface area contributed by atoms with E-state index in [9.17, 15) is 8.42 Å². The Bertz CT molecular complexity index is 483. The third-order valence-electron chi connectivity index (χ3n) is 2.36. The van der Waals surface area contributed by atoms with Crippen LogP contribution < -0.4 is 14.6 Å². The lowest BCUT2D eigenvalue weighted by molar-refractivity contribution is 0.174. The molecule has 0 saturated heterocycles. The number of ether oxygens (including phenoxy) is 2. The molecule has 0 amide bonds. The van der Waals surface area contributed by atoms with E-state index in [-0.39, 0.29) is 6.79 Å². The van der Waals surface area contributed by atoms with Gasteiger partial charge in [0.25, 0.3) is 0 Å². The van der Waals surface area contributed by atoms with Crippen molar-refractivity contribution in [2.45, 2.75) is 12.2 Å². The van der Waals surface area contributed by atoms with Gasteiger partial charge in [-0.25, -0.2) is 13.6 Å². The summed E-state index contributed by atoms with van der Waals surface area (Å²) in [7, 11) is -3.57. The van der Waals surface area contributed by atoms with E-state index in [0.717, 1.165) is 0 Å². The molecule has 1 aromatic carbocycles. The first-order valence-corrected chi connectivity index (χ1v) is 6.00. The van der Waals surface area contributed by atoms with E-state index in [1.807, 2.05) is 0 Å². The second-order valence-corrected chi connectivity index (χ2v) is 5.23. The Labute approximate surface area is 87.8 Å². The monoisotopic (exact) mass is 229 g/mol. The second-order valence-electron chi connectivity index (χ2n) is 3.34. The van der Waals surface area contributed by atoms with Crippen LogP contribution in [0.5, 0.6) is 11.5 Å². The quantitative estimate of drug-likeness (QED) is 0.812. The predicted molar refractivity (Wildman–Crippen MR) is 54.1 cm³/mol. The molecular formula is C9H11NO4S. The average Bonchev–Trinajstić information content (AvgIpc) is 2.61. The maximum atomic E-state index is 11.1. The largest absolute Gasteiger partial charge is 0.454 e. The number of nitrogens with two attached hydrogens (primary N) is 1.